The first kappa shape index (κ1) is 17.2. The summed E-state index contributed by atoms with van der Waals surface area (Å²) in [5.41, 5.74) is 1.65. The topological polar surface area (TPSA) is 45.2 Å². The van der Waals surface area contributed by atoms with Gasteiger partial charge in [-0.05, 0) is 45.2 Å². The lowest BCUT2D eigenvalue weighted by Gasteiger charge is -2.28. The van der Waals surface area contributed by atoms with E-state index in [9.17, 15) is 4.79 Å². The van der Waals surface area contributed by atoms with Crippen LogP contribution >= 0.6 is 22.9 Å². The van der Waals surface area contributed by atoms with Crippen LogP contribution in [-0.4, -0.2) is 23.0 Å². The second-order valence-electron chi connectivity index (χ2n) is 6.45. The molecule has 0 aliphatic heterocycles. The number of aryl methyl sites for hydroxylation is 2. The van der Waals surface area contributed by atoms with Gasteiger partial charge in [0.1, 0.15) is 0 Å². The Labute approximate surface area is 151 Å². The van der Waals surface area contributed by atoms with Gasteiger partial charge in [0.15, 0.2) is 0 Å². The minimum absolute atomic E-state index is 0.0722. The summed E-state index contributed by atoms with van der Waals surface area (Å²) in [5, 5.41) is 4.91. The molecule has 4 nitrogen and oxygen atoms in total. The smallest absolute Gasteiger partial charge is 0.318 e. The molecule has 1 N–H and O–H groups in total. The molecule has 1 aromatic heterocycles. The Balaban J connectivity index is 1.75. The van der Waals surface area contributed by atoms with E-state index < -0.39 is 0 Å². The van der Waals surface area contributed by atoms with Crippen LogP contribution in [0.5, 0.6) is 0 Å². The van der Waals surface area contributed by atoms with E-state index in [1.165, 1.54) is 0 Å². The Kier molecular flexibility index (Phi) is 4.58. The Hall–Kier alpha value is -1.59. The number of urea groups is 1. The molecule has 0 spiro atoms. The van der Waals surface area contributed by atoms with Gasteiger partial charge >= 0.3 is 6.03 Å². The number of hydrogen-bond acceptors (Lipinski definition) is 3. The lowest BCUT2D eigenvalue weighted by Crippen LogP contribution is -2.44. The predicted octanol–water partition coefficient (Wildman–Crippen LogP) is 4.81. The Bertz CT molecular complexity index is 769. The van der Waals surface area contributed by atoms with Crippen LogP contribution in [-0.2, 0) is 5.54 Å². The van der Waals surface area contributed by atoms with E-state index >= 15 is 0 Å². The molecule has 1 aromatic carbocycles. The van der Waals surface area contributed by atoms with Crippen LogP contribution in [0.4, 0.5) is 4.79 Å². The molecule has 1 aliphatic carbocycles. The molecule has 0 radical (unpaired) electrons. The highest BCUT2D eigenvalue weighted by Crippen LogP contribution is 2.48. The molecular formula is C18H22ClN3OS. The summed E-state index contributed by atoms with van der Waals surface area (Å²) in [7, 11) is 1.82. The van der Waals surface area contributed by atoms with Gasteiger partial charge in [0.05, 0.1) is 22.3 Å². The van der Waals surface area contributed by atoms with Gasteiger partial charge in [0, 0.05) is 16.9 Å². The zero-order chi connectivity index (χ0) is 17.5. The number of nitrogens with one attached hydrogen (secondary N) is 1. The summed E-state index contributed by atoms with van der Waals surface area (Å²) in [6.45, 7) is 6.05. The van der Waals surface area contributed by atoms with Crippen molar-refractivity contribution in [1.29, 1.82) is 0 Å². The maximum Gasteiger partial charge on any atom is 0.318 e. The minimum atomic E-state index is -0.323. The summed E-state index contributed by atoms with van der Waals surface area (Å²) >= 11 is 7.98. The molecule has 1 aliphatic rings. The number of carbonyl (C=O) groups excluding carboxylic acids is 1. The average molecular weight is 364 g/mol. The molecule has 0 saturated heterocycles. The van der Waals surface area contributed by atoms with Crippen molar-refractivity contribution in [3.05, 3.63) is 50.4 Å². The first-order chi connectivity index (χ1) is 11.3. The van der Waals surface area contributed by atoms with E-state index in [-0.39, 0.29) is 17.6 Å². The monoisotopic (exact) mass is 363 g/mol. The highest BCUT2D eigenvalue weighted by molar-refractivity contribution is 7.11. The van der Waals surface area contributed by atoms with Gasteiger partial charge in [0.25, 0.3) is 0 Å². The molecule has 128 valence electrons. The number of thiazole rings is 1. The standard InChI is InChI=1S/C18H22ClN3OS/c1-11(16-12(2)24-13(3)20-16)22(4)17(23)21-18(9-10-18)14-7-5-6-8-15(14)19/h5-8,11H,9-10H2,1-4H3,(H,21,23)/t11-/m1/s1. The number of carbonyl (C=O) groups is 1. The molecule has 1 saturated carbocycles. The third kappa shape index (κ3) is 3.15. The van der Waals surface area contributed by atoms with Gasteiger partial charge < -0.3 is 10.2 Å². The normalized spacial score (nSPS) is 16.5. The lowest BCUT2D eigenvalue weighted by molar-refractivity contribution is 0.188. The van der Waals surface area contributed by atoms with Crippen molar-refractivity contribution in [3.8, 4) is 0 Å². The number of halogens is 1. The molecule has 0 bridgehead atoms. The first-order valence-corrected chi connectivity index (χ1v) is 9.27. The van der Waals surface area contributed by atoms with Gasteiger partial charge in [0.2, 0.25) is 0 Å². The van der Waals surface area contributed by atoms with E-state index in [4.69, 9.17) is 11.6 Å². The minimum Gasteiger partial charge on any atom is -0.328 e. The van der Waals surface area contributed by atoms with E-state index in [2.05, 4.69) is 10.3 Å². The van der Waals surface area contributed by atoms with E-state index in [0.29, 0.717) is 5.02 Å². The quantitative estimate of drug-likeness (QED) is 0.847. The summed E-state index contributed by atoms with van der Waals surface area (Å²) in [5.74, 6) is 0. The van der Waals surface area contributed by atoms with Gasteiger partial charge in [-0.1, -0.05) is 29.8 Å². The van der Waals surface area contributed by atoms with Crippen LogP contribution in [0.2, 0.25) is 5.02 Å². The lowest BCUT2D eigenvalue weighted by atomic mass is 10.1. The summed E-state index contributed by atoms with van der Waals surface area (Å²) in [6, 6.07) is 7.57. The second kappa shape index (κ2) is 6.37. The van der Waals surface area contributed by atoms with Crippen molar-refractivity contribution in [1.82, 2.24) is 15.2 Å². The van der Waals surface area contributed by atoms with Gasteiger partial charge in [-0.2, -0.15) is 0 Å². The highest BCUT2D eigenvalue weighted by Gasteiger charge is 2.47. The number of nitrogens with zero attached hydrogens (tertiary/aromatic N) is 2. The molecular weight excluding hydrogens is 342 g/mol. The third-order valence-electron chi connectivity index (χ3n) is 4.72. The van der Waals surface area contributed by atoms with Gasteiger partial charge in [-0.15, -0.1) is 11.3 Å². The molecule has 1 fully saturated rings. The molecule has 1 heterocycles. The number of aromatic nitrogens is 1. The fourth-order valence-corrected chi connectivity index (χ4v) is 4.25. The van der Waals surface area contributed by atoms with E-state index in [1.54, 1.807) is 16.2 Å². The SMILES string of the molecule is Cc1nc([C@@H](C)N(C)C(=O)NC2(c3ccccc3Cl)CC2)c(C)s1. The third-order valence-corrected chi connectivity index (χ3v) is 5.95. The summed E-state index contributed by atoms with van der Waals surface area (Å²) < 4.78 is 0. The molecule has 1 atom stereocenters. The van der Waals surface area contributed by atoms with Crippen LogP contribution in [0.3, 0.4) is 0 Å². The Morgan fingerprint density at radius 2 is 2.04 bits per heavy atom. The second-order valence-corrected chi connectivity index (χ2v) is 8.27. The molecule has 0 unspecified atom stereocenters. The maximum absolute atomic E-state index is 12.8. The van der Waals surface area contributed by atoms with Crippen molar-refractivity contribution >= 4 is 29.0 Å². The molecule has 2 amide bonds. The number of rotatable bonds is 4. The van der Waals surface area contributed by atoms with Crippen LogP contribution in [0.15, 0.2) is 24.3 Å². The largest absolute Gasteiger partial charge is 0.328 e. The molecule has 24 heavy (non-hydrogen) atoms. The molecule has 2 aromatic rings. The van der Waals surface area contributed by atoms with Crippen LogP contribution in [0, 0.1) is 13.8 Å². The van der Waals surface area contributed by atoms with Crippen molar-refractivity contribution in [2.24, 2.45) is 0 Å². The van der Waals surface area contributed by atoms with E-state index in [0.717, 1.165) is 34.0 Å². The van der Waals surface area contributed by atoms with Crippen LogP contribution < -0.4 is 5.32 Å². The summed E-state index contributed by atoms with van der Waals surface area (Å²) in [4.78, 5) is 20.2. The van der Waals surface area contributed by atoms with Crippen molar-refractivity contribution in [2.75, 3.05) is 7.05 Å². The predicted molar refractivity (Wildman–Crippen MR) is 98.7 cm³/mol. The molecule has 3 rings (SSSR count). The average Bonchev–Trinajstić information content (AvgIpc) is 3.23. The fourth-order valence-electron chi connectivity index (χ4n) is 3.02. The zero-order valence-electron chi connectivity index (χ0n) is 14.4. The Morgan fingerprint density at radius 1 is 1.38 bits per heavy atom. The maximum atomic E-state index is 12.8. The number of hydrogen-bond donors (Lipinski definition) is 1. The van der Waals surface area contributed by atoms with Crippen LogP contribution in [0.25, 0.3) is 0 Å². The highest BCUT2D eigenvalue weighted by atomic mass is 35.5. The number of amides is 2. The van der Waals surface area contributed by atoms with Gasteiger partial charge in [-0.3, -0.25) is 0 Å². The van der Waals surface area contributed by atoms with Crippen molar-refractivity contribution in [2.45, 2.75) is 45.2 Å². The van der Waals surface area contributed by atoms with Crippen molar-refractivity contribution < 1.29 is 4.79 Å². The van der Waals surface area contributed by atoms with Crippen molar-refractivity contribution in [3.63, 3.8) is 0 Å². The summed E-state index contributed by atoms with van der Waals surface area (Å²) in [6.07, 6.45) is 1.83. The molecule has 6 heteroatoms. The Morgan fingerprint density at radius 3 is 2.58 bits per heavy atom. The zero-order valence-corrected chi connectivity index (χ0v) is 16.0. The van der Waals surface area contributed by atoms with Crippen LogP contribution in [0.1, 0.15) is 46.9 Å². The number of benzene rings is 1. The van der Waals surface area contributed by atoms with Gasteiger partial charge in [-0.25, -0.2) is 9.78 Å². The first-order valence-electron chi connectivity index (χ1n) is 8.08. The fraction of sp³-hybridized carbons (Fsp3) is 0.444. The van der Waals surface area contributed by atoms with E-state index in [1.807, 2.05) is 52.1 Å².